The SMILES string of the molecule is O=C(COc1ccc(C(F)(F)F)cc1)N1CCCC[C@@H]1C(O)c1cnccc1OC1CC1. The number of rotatable bonds is 7. The van der Waals surface area contributed by atoms with Gasteiger partial charge in [-0.15, -0.1) is 0 Å². The van der Waals surface area contributed by atoms with Gasteiger partial charge in [0.1, 0.15) is 17.6 Å². The summed E-state index contributed by atoms with van der Waals surface area (Å²) in [4.78, 5) is 18.6. The van der Waals surface area contributed by atoms with Gasteiger partial charge in [-0.25, -0.2) is 0 Å². The van der Waals surface area contributed by atoms with Gasteiger partial charge in [0.25, 0.3) is 5.91 Å². The molecule has 172 valence electrons. The summed E-state index contributed by atoms with van der Waals surface area (Å²) >= 11 is 0. The Morgan fingerprint density at radius 3 is 2.59 bits per heavy atom. The van der Waals surface area contributed by atoms with Crippen molar-refractivity contribution in [2.45, 2.75) is 56.5 Å². The number of aliphatic hydroxyl groups is 1. The number of piperidine rings is 1. The average Bonchev–Trinajstić information content (AvgIpc) is 3.61. The Kier molecular flexibility index (Phi) is 6.55. The van der Waals surface area contributed by atoms with E-state index in [0.717, 1.165) is 37.8 Å². The smallest absolute Gasteiger partial charge is 0.416 e. The maximum atomic E-state index is 12.9. The number of halogens is 3. The van der Waals surface area contributed by atoms with Crippen molar-refractivity contribution >= 4 is 5.91 Å². The van der Waals surface area contributed by atoms with Crippen molar-refractivity contribution in [3.8, 4) is 11.5 Å². The zero-order valence-corrected chi connectivity index (χ0v) is 17.4. The van der Waals surface area contributed by atoms with Gasteiger partial charge in [0.2, 0.25) is 0 Å². The van der Waals surface area contributed by atoms with Crippen LogP contribution in [-0.2, 0) is 11.0 Å². The Bertz CT molecular complexity index is 932. The molecule has 1 N–H and O–H groups in total. The minimum Gasteiger partial charge on any atom is -0.490 e. The second-order valence-electron chi connectivity index (χ2n) is 8.14. The summed E-state index contributed by atoms with van der Waals surface area (Å²) in [5.74, 6) is 0.420. The van der Waals surface area contributed by atoms with Crippen LogP contribution in [0.15, 0.2) is 42.7 Å². The lowest BCUT2D eigenvalue weighted by molar-refractivity contribution is -0.140. The first-order valence-electron chi connectivity index (χ1n) is 10.7. The Hall–Kier alpha value is -2.81. The topological polar surface area (TPSA) is 71.9 Å². The first-order valence-corrected chi connectivity index (χ1v) is 10.7. The highest BCUT2D eigenvalue weighted by atomic mass is 19.4. The van der Waals surface area contributed by atoms with Crippen LogP contribution < -0.4 is 9.47 Å². The Morgan fingerprint density at radius 2 is 1.91 bits per heavy atom. The zero-order chi connectivity index (χ0) is 22.7. The molecule has 0 bridgehead atoms. The third kappa shape index (κ3) is 5.32. The van der Waals surface area contributed by atoms with Crippen molar-refractivity contribution in [1.82, 2.24) is 9.88 Å². The molecule has 1 aromatic carbocycles. The van der Waals surface area contributed by atoms with E-state index in [2.05, 4.69) is 4.98 Å². The Balaban J connectivity index is 1.42. The van der Waals surface area contributed by atoms with Crippen molar-refractivity contribution in [3.05, 3.63) is 53.9 Å². The van der Waals surface area contributed by atoms with Crippen LogP contribution in [0, 0.1) is 0 Å². The number of likely N-dealkylation sites (tertiary alicyclic amines) is 1. The van der Waals surface area contributed by atoms with Crippen LogP contribution in [-0.4, -0.2) is 46.2 Å². The average molecular weight is 450 g/mol. The van der Waals surface area contributed by atoms with E-state index in [4.69, 9.17) is 9.47 Å². The van der Waals surface area contributed by atoms with Gasteiger partial charge < -0.3 is 19.5 Å². The third-order valence-corrected chi connectivity index (χ3v) is 5.72. The molecule has 9 heteroatoms. The molecule has 1 aliphatic carbocycles. The maximum Gasteiger partial charge on any atom is 0.416 e. The van der Waals surface area contributed by atoms with E-state index in [-0.39, 0.29) is 24.4 Å². The van der Waals surface area contributed by atoms with Crippen molar-refractivity contribution < 1.29 is 32.5 Å². The van der Waals surface area contributed by atoms with Gasteiger partial charge in [0.05, 0.1) is 17.7 Å². The highest BCUT2D eigenvalue weighted by Crippen LogP contribution is 2.36. The second-order valence-corrected chi connectivity index (χ2v) is 8.14. The maximum absolute atomic E-state index is 12.9. The number of ether oxygens (including phenoxy) is 2. The highest BCUT2D eigenvalue weighted by Gasteiger charge is 2.35. The molecule has 1 saturated heterocycles. The molecule has 6 nitrogen and oxygen atoms in total. The summed E-state index contributed by atoms with van der Waals surface area (Å²) in [7, 11) is 0. The van der Waals surface area contributed by atoms with Crippen LogP contribution in [0.4, 0.5) is 13.2 Å². The first kappa shape index (κ1) is 22.4. The minimum atomic E-state index is -4.43. The lowest BCUT2D eigenvalue weighted by Gasteiger charge is -2.38. The van der Waals surface area contributed by atoms with Crippen molar-refractivity contribution in [1.29, 1.82) is 0 Å². The molecule has 2 heterocycles. The summed E-state index contributed by atoms with van der Waals surface area (Å²) in [6.07, 6.45) is 2.18. The van der Waals surface area contributed by atoms with E-state index < -0.39 is 23.9 Å². The molecule has 2 aromatic rings. The number of pyridine rings is 1. The normalized spacial score (nSPS) is 20.0. The van der Waals surface area contributed by atoms with Crippen LogP contribution in [0.3, 0.4) is 0 Å². The predicted molar refractivity (Wildman–Crippen MR) is 109 cm³/mol. The molecule has 0 radical (unpaired) electrons. The summed E-state index contributed by atoms with van der Waals surface area (Å²) < 4.78 is 49.4. The Labute approximate surface area is 184 Å². The number of benzene rings is 1. The fourth-order valence-corrected chi connectivity index (χ4v) is 3.86. The molecule has 4 rings (SSSR count). The van der Waals surface area contributed by atoms with Gasteiger partial charge in [-0.05, 0) is 62.4 Å². The summed E-state index contributed by atoms with van der Waals surface area (Å²) in [5.41, 5.74) is -0.233. The predicted octanol–water partition coefficient (Wildman–Crippen LogP) is 4.14. The number of carbonyl (C=O) groups excluding carboxylic acids is 1. The Morgan fingerprint density at radius 1 is 1.16 bits per heavy atom. The van der Waals surface area contributed by atoms with Gasteiger partial charge in [0.15, 0.2) is 6.61 Å². The fraction of sp³-hybridized carbons (Fsp3) is 0.478. The molecule has 1 aromatic heterocycles. The molecular weight excluding hydrogens is 425 g/mol. The molecule has 0 spiro atoms. The summed E-state index contributed by atoms with van der Waals surface area (Å²) in [6, 6.07) is 5.47. The number of hydrogen-bond donors (Lipinski definition) is 1. The molecule has 1 aliphatic heterocycles. The highest BCUT2D eigenvalue weighted by molar-refractivity contribution is 5.78. The van der Waals surface area contributed by atoms with Crippen molar-refractivity contribution in [3.63, 3.8) is 0 Å². The van der Waals surface area contributed by atoms with E-state index in [1.54, 1.807) is 23.4 Å². The van der Waals surface area contributed by atoms with E-state index in [1.807, 2.05) is 0 Å². The van der Waals surface area contributed by atoms with Crippen molar-refractivity contribution in [2.24, 2.45) is 0 Å². The monoisotopic (exact) mass is 450 g/mol. The largest absolute Gasteiger partial charge is 0.490 e. The zero-order valence-electron chi connectivity index (χ0n) is 17.4. The van der Waals surface area contributed by atoms with Crippen LogP contribution in [0.1, 0.15) is 49.3 Å². The molecule has 1 amide bonds. The van der Waals surface area contributed by atoms with Crippen molar-refractivity contribution in [2.75, 3.05) is 13.2 Å². The molecule has 2 atom stereocenters. The number of alkyl halides is 3. The number of nitrogens with zero attached hydrogens (tertiary/aromatic N) is 2. The minimum absolute atomic E-state index is 0.157. The van der Waals surface area contributed by atoms with Gasteiger partial charge in [0, 0.05) is 24.5 Å². The van der Waals surface area contributed by atoms with E-state index in [9.17, 15) is 23.1 Å². The lowest BCUT2D eigenvalue weighted by Crippen LogP contribution is -2.48. The lowest BCUT2D eigenvalue weighted by atomic mass is 9.93. The third-order valence-electron chi connectivity index (χ3n) is 5.72. The fourth-order valence-electron chi connectivity index (χ4n) is 3.86. The molecule has 1 unspecified atom stereocenters. The van der Waals surface area contributed by atoms with Crippen LogP contribution in [0.25, 0.3) is 0 Å². The molecular formula is C23H25F3N2O4. The van der Waals surface area contributed by atoms with Gasteiger partial charge in [-0.2, -0.15) is 13.2 Å². The van der Waals surface area contributed by atoms with Gasteiger partial charge in [-0.3, -0.25) is 9.78 Å². The van der Waals surface area contributed by atoms with E-state index in [1.165, 1.54) is 12.1 Å². The standard InChI is InChI=1S/C23H25F3N2O4/c24-23(25,26)15-4-6-16(7-5-15)31-14-21(29)28-12-2-1-3-19(28)22(30)18-13-27-11-10-20(18)32-17-8-9-17/h4-7,10-11,13,17,19,22,30H,1-3,8-9,12,14H2/t19-,22?/m1/s1. The molecule has 2 aliphatic rings. The molecule has 1 saturated carbocycles. The van der Waals surface area contributed by atoms with E-state index in [0.29, 0.717) is 24.3 Å². The quantitative estimate of drug-likeness (QED) is 0.687. The number of carbonyl (C=O) groups is 1. The molecule has 2 fully saturated rings. The number of hydrogen-bond acceptors (Lipinski definition) is 5. The first-order chi connectivity index (χ1) is 15.3. The summed E-state index contributed by atoms with van der Waals surface area (Å²) in [5, 5.41) is 11.1. The van der Waals surface area contributed by atoms with Crippen LogP contribution >= 0.6 is 0 Å². The van der Waals surface area contributed by atoms with Gasteiger partial charge in [-0.1, -0.05) is 0 Å². The van der Waals surface area contributed by atoms with Crippen LogP contribution in [0.5, 0.6) is 11.5 Å². The number of aliphatic hydroxyl groups excluding tert-OH is 1. The second kappa shape index (κ2) is 9.36. The summed E-state index contributed by atoms with van der Waals surface area (Å²) in [6.45, 7) is 0.142. The number of amides is 1. The van der Waals surface area contributed by atoms with Gasteiger partial charge >= 0.3 is 6.18 Å². The molecule has 32 heavy (non-hydrogen) atoms. The van der Waals surface area contributed by atoms with E-state index >= 15 is 0 Å². The number of aromatic nitrogens is 1. The van der Waals surface area contributed by atoms with Crippen LogP contribution in [0.2, 0.25) is 0 Å².